The summed E-state index contributed by atoms with van der Waals surface area (Å²) in [5.41, 5.74) is 7.34. The monoisotopic (exact) mass is 620 g/mol. The highest BCUT2D eigenvalue weighted by Crippen LogP contribution is 2.51. The Hall–Kier alpha value is -6.44. The zero-order chi connectivity index (χ0) is 32.1. The quantitative estimate of drug-likeness (QED) is 0.138. The van der Waals surface area contributed by atoms with Crippen LogP contribution in [0, 0.1) is 0 Å². The zero-order valence-electron chi connectivity index (χ0n) is 26.6. The first-order chi connectivity index (χ1) is 24.3. The van der Waals surface area contributed by atoms with E-state index >= 15 is 0 Å². The molecule has 49 heavy (non-hydrogen) atoms. The molecule has 1 heterocycles. The first kappa shape index (κ1) is 26.6. The van der Waals surface area contributed by atoms with Crippen LogP contribution in [0.5, 0.6) is 11.5 Å². The fraction of sp³-hybridized carbons (Fsp3) is 0. The molecule has 0 bridgehead atoms. The second kappa shape index (κ2) is 10.0. The van der Waals surface area contributed by atoms with Crippen molar-refractivity contribution in [3.8, 4) is 44.9 Å². The normalized spacial score (nSPS) is 12.2. The molecule has 226 valence electrons. The van der Waals surface area contributed by atoms with Crippen molar-refractivity contribution >= 4 is 64.6 Å². The number of rotatable bonds is 2. The van der Waals surface area contributed by atoms with Gasteiger partial charge in [-0.1, -0.05) is 152 Å². The van der Waals surface area contributed by atoms with Gasteiger partial charge in [0.1, 0.15) is 11.5 Å². The molecule has 1 nitrogen and oxygen atoms in total. The summed E-state index contributed by atoms with van der Waals surface area (Å²) in [5, 5.41) is 15.1. The molecular formula is C48H28O. The number of benzene rings is 10. The number of hydrogen-bond donors (Lipinski definition) is 0. The molecule has 1 aliphatic heterocycles. The largest absolute Gasteiger partial charge is 0.456 e. The molecular weight excluding hydrogens is 593 g/mol. The highest BCUT2D eigenvalue weighted by Gasteiger charge is 2.23. The molecule has 0 spiro atoms. The molecule has 0 atom stereocenters. The van der Waals surface area contributed by atoms with Crippen molar-refractivity contribution in [2.45, 2.75) is 0 Å². The summed E-state index contributed by atoms with van der Waals surface area (Å²) in [6.07, 6.45) is 0. The van der Waals surface area contributed by atoms with Crippen LogP contribution in [0.4, 0.5) is 0 Å². The highest BCUT2D eigenvalue weighted by molar-refractivity contribution is 6.33. The SMILES string of the molecule is c1ccc2c(c1)Oc1ccc(-c3ccc(-c4c5ccccc5cc5c6ccccc6c6ccccc6c45)c4ccccc34)c3cccc-2c13. The van der Waals surface area contributed by atoms with Crippen molar-refractivity contribution in [2.75, 3.05) is 0 Å². The standard InChI is InChI=1S/C48H28O/c1-2-13-30-29(12-1)28-43-35-18-6-4-14-31(35)33-16-7-8-20-40(33)48(43)47(30)42-25-24-36(32-15-3-5-17-34(32)42)37-26-27-45-46-39(37)21-11-22-41(46)38-19-9-10-23-44(38)49-45/h1-28H. The lowest BCUT2D eigenvalue weighted by molar-refractivity contribution is 0.487. The molecule has 0 amide bonds. The molecule has 11 rings (SSSR count). The van der Waals surface area contributed by atoms with Gasteiger partial charge >= 0.3 is 0 Å². The molecule has 0 aliphatic carbocycles. The maximum atomic E-state index is 6.45. The Kier molecular flexibility index (Phi) is 5.45. The maximum Gasteiger partial charge on any atom is 0.135 e. The van der Waals surface area contributed by atoms with Crippen molar-refractivity contribution in [1.82, 2.24) is 0 Å². The lowest BCUT2D eigenvalue weighted by atomic mass is 9.83. The Morgan fingerprint density at radius 3 is 1.61 bits per heavy atom. The molecule has 0 radical (unpaired) electrons. The first-order valence-corrected chi connectivity index (χ1v) is 16.9. The fourth-order valence-corrected chi connectivity index (χ4v) is 8.58. The maximum absolute atomic E-state index is 6.45. The molecule has 0 unspecified atom stereocenters. The zero-order valence-corrected chi connectivity index (χ0v) is 26.6. The molecule has 1 aliphatic rings. The molecule has 0 aromatic heterocycles. The molecule has 0 saturated carbocycles. The van der Waals surface area contributed by atoms with Crippen LogP contribution in [0.3, 0.4) is 0 Å². The number of ether oxygens (including phenoxy) is 1. The van der Waals surface area contributed by atoms with Crippen LogP contribution < -0.4 is 4.74 Å². The fourth-order valence-electron chi connectivity index (χ4n) is 8.58. The minimum absolute atomic E-state index is 0.910. The van der Waals surface area contributed by atoms with Gasteiger partial charge < -0.3 is 4.74 Å². The van der Waals surface area contributed by atoms with Crippen molar-refractivity contribution < 1.29 is 4.74 Å². The minimum atomic E-state index is 0.910. The van der Waals surface area contributed by atoms with Crippen molar-refractivity contribution in [2.24, 2.45) is 0 Å². The van der Waals surface area contributed by atoms with Gasteiger partial charge in [-0.3, -0.25) is 0 Å². The van der Waals surface area contributed by atoms with Crippen molar-refractivity contribution in [3.63, 3.8) is 0 Å². The lowest BCUT2D eigenvalue weighted by Crippen LogP contribution is -1.98. The number of hydrogen-bond acceptors (Lipinski definition) is 1. The number of para-hydroxylation sites is 1. The summed E-state index contributed by atoms with van der Waals surface area (Å²) in [6, 6.07) is 62.1. The van der Waals surface area contributed by atoms with Gasteiger partial charge in [-0.15, -0.1) is 0 Å². The Morgan fingerprint density at radius 1 is 0.265 bits per heavy atom. The van der Waals surface area contributed by atoms with E-state index in [4.69, 9.17) is 4.74 Å². The van der Waals surface area contributed by atoms with Gasteiger partial charge in [0, 0.05) is 10.9 Å². The molecule has 0 N–H and O–H groups in total. The Morgan fingerprint density at radius 2 is 0.796 bits per heavy atom. The van der Waals surface area contributed by atoms with E-state index in [0.29, 0.717) is 0 Å². The molecule has 0 fully saturated rings. The molecule has 1 heteroatoms. The summed E-state index contributed by atoms with van der Waals surface area (Å²) >= 11 is 0. The van der Waals surface area contributed by atoms with Crippen LogP contribution in [0.15, 0.2) is 170 Å². The van der Waals surface area contributed by atoms with E-state index in [0.717, 1.165) is 17.1 Å². The summed E-state index contributed by atoms with van der Waals surface area (Å²) in [5.74, 6) is 1.82. The van der Waals surface area contributed by atoms with Crippen LogP contribution in [0.2, 0.25) is 0 Å². The van der Waals surface area contributed by atoms with E-state index in [9.17, 15) is 0 Å². The van der Waals surface area contributed by atoms with E-state index < -0.39 is 0 Å². The van der Waals surface area contributed by atoms with Crippen molar-refractivity contribution in [3.05, 3.63) is 170 Å². The summed E-state index contributed by atoms with van der Waals surface area (Å²) in [6.45, 7) is 0. The number of fused-ring (bicyclic) bond motifs is 10. The van der Waals surface area contributed by atoms with Crippen LogP contribution >= 0.6 is 0 Å². The van der Waals surface area contributed by atoms with E-state index in [-0.39, 0.29) is 0 Å². The van der Waals surface area contributed by atoms with Gasteiger partial charge in [-0.2, -0.15) is 0 Å². The van der Waals surface area contributed by atoms with Gasteiger partial charge in [-0.05, 0) is 105 Å². The second-order valence-electron chi connectivity index (χ2n) is 13.1. The molecule has 0 saturated heterocycles. The molecule has 10 aromatic rings. The van der Waals surface area contributed by atoms with Gasteiger partial charge in [0.25, 0.3) is 0 Å². The van der Waals surface area contributed by atoms with E-state index in [1.807, 2.05) is 6.07 Å². The Balaban J connectivity index is 1.25. The van der Waals surface area contributed by atoms with Gasteiger partial charge in [-0.25, -0.2) is 0 Å². The Bertz CT molecular complexity index is 3020. The predicted molar refractivity (Wildman–Crippen MR) is 208 cm³/mol. The Labute approximate surface area is 283 Å². The first-order valence-electron chi connectivity index (χ1n) is 16.9. The van der Waals surface area contributed by atoms with Crippen LogP contribution in [-0.4, -0.2) is 0 Å². The van der Waals surface area contributed by atoms with Crippen LogP contribution in [-0.2, 0) is 0 Å². The minimum Gasteiger partial charge on any atom is -0.456 e. The second-order valence-corrected chi connectivity index (χ2v) is 13.1. The van der Waals surface area contributed by atoms with Crippen LogP contribution in [0.1, 0.15) is 0 Å². The summed E-state index contributed by atoms with van der Waals surface area (Å²) in [4.78, 5) is 0. The van der Waals surface area contributed by atoms with E-state index in [1.54, 1.807) is 0 Å². The third-order valence-corrected chi connectivity index (χ3v) is 10.6. The topological polar surface area (TPSA) is 9.23 Å². The summed E-state index contributed by atoms with van der Waals surface area (Å²) in [7, 11) is 0. The predicted octanol–water partition coefficient (Wildman–Crippen LogP) is 13.7. The average Bonchev–Trinajstić information content (AvgIpc) is 3.17. The van der Waals surface area contributed by atoms with E-state index in [1.165, 1.54) is 92.5 Å². The van der Waals surface area contributed by atoms with Gasteiger partial charge in [0.05, 0.1) is 0 Å². The van der Waals surface area contributed by atoms with Crippen LogP contribution in [0.25, 0.3) is 98.0 Å². The van der Waals surface area contributed by atoms with Gasteiger partial charge in [0.2, 0.25) is 0 Å². The van der Waals surface area contributed by atoms with Crippen molar-refractivity contribution in [1.29, 1.82) is 0 Å². The average molecular weight is 621 g/mol. The molecule has 10 aromatic carbocycles. The third-order valence-electron chi connectivity index (χ3n) is 10.6. The van der Waals surface area contributed by atoms with Gasteiger partial charge in [0.15, 0.2) is 0 Å². The highest BCUT2D eigenvalue weighted by atomic mass is 16.5. The third kappa shape index (κ3) is 3.70. The lowest BCUT2D eigenvalue weighted by Gasteiger charge is -2.23. The van der Waals surface area contributed by atoms with E-state index in [2.05, 4.69) is 164 Å². The smallest absolute Gasteiger partial charge is 0.135 e. The summed E-state index contributed by atoms with van der Waals surface area (Å²) < 4.78 is 6.45.